The lowest BCUT2D eigenvalue weighted by molar-refractivity contribution is 0.0660. The average Bonchev–Trinajstić information content (AvgIpc) is 2.29. The Morgan fingerprint density at radius 2 is 1.88 bits per heavy atom. The summed E-state index contributed by atoms with van der Waals surface area (Å²) in [5, 5.41) is 9.79. The molecule has 1 aromatic carbocycles. The molecule has 0 aromatic heterocycles. The van der Waals surface area contributed by atoms with Gasteiger partial charge in [0.1, 0.15) is 5.75 Å². The van der Waals surface area contributed by atoms with Crippen molar-refractivity contribution >= 4 is 5.91 Å². The number of hydrogen-bond donors (Lipinski definition) is 1. The number of aromatic hydroxyl groups is 1. The smallest absolute Gasteiger partial charge is 0.257 e. The number of phenols is 1. The summed E-state index contributed by atoms with van der Waals surface area (Å²) in [6.45, 7) is 5.08. The molecule has 1 N–H and O–H groups in total. The number of amides is 1. The third kappa shape index (κ3) is 2.42. The predicted octanol–water partition coefficient (Wildman–Crippen LogP) is 1.09. The van der Waals surface area contributed by atoms with Crippen molar-refractivity contribution in [2.75, 3.05) is 33.2 Å². The highest BCUT2D eigenvalue weighted by Crippen LogP contribution is 2.22. The lowest BCUT2D eigenvalue weighted by Crippen LogP contribution is -2.47. The van der Waals surface area contributed by atoms with Crippen LogP contribution in [0.25, 0.3) is 0 Å². The molecule has 0 spiro atoms. The van der Waals surface area contributed by atoms with Crippen molar-refractivity contribution in [3.05, 3.63) is 29.3 Å². The molecule has 1 heterocycles. The van der Waals surface area contributed by atoms with Gasteiger partial charge in [-0.05, 0) is 25.6 Å². The molecule has 92 valence electrons. The van der Waals surface area contributed by atoms with E-state index in [0.717, 1.165) is 31.7 Å². The second kappa shape index (κ2) is 4.75. The van der Waals surface area contributed by atoms with Crippen LogP contribution in [-0.4, -0.2) is 54.0 Å². The molecule has 1 aliphatic rings. The van der Waals surface area contributed by atoms with Crippen LogP contribution >= 0.6 is 0 Å². The number of nitrogens with zero attached hydrogens (tertiary/aromatic N) is 2. The number of piperazine rings is 1. The summed E-state index contributed by atoms with van der Waals surface area (Å²) in [6, 6.07) is 5.17. The van der Waals surface area contributed by atoms with E-state index in [9.17, 15) is 9.90 Å². The Balaban J connectivity index is 2.20. The highest BCUT2D eigenvalue weighted by molar-refractivity contribution is 5.98. The van der Waals surface area contributed by atoms with Crippen LogP contribution in [0.1, 0.15) is 15.9 Å². The van der Waals surface area contributed by atoms with Gasteiger partial charge in [-0.1, -0.05) is 12.1 Å². The maximum Gasteiger partial charge on any atom is 0.257 e. The van der Waals surface area contributed by atoms with Crippen molar-refractivity contribution in [3.8, 4) is 5.75 Å². The number of aryl methyl sites for hydroxylation is 1. The van der Waals surface area contributed by atoms with Gasteiger partial charge in [-0.2, -0.15) is 0 Å². The maximum atomic E-state index is 12.3. The van der Waals surface area contributed by atoms with Crippen molar-refractivity contribution in [2.45, 2.75) is 6.92 Å². The SMILES string of the molecule is Cc1cccc(O)c1C(=O)N1CCN(C)CC1. The Morgan fingerprint density at radius 3 is 2.47 bits per heavy atom. The van der Waals surface area contributed by atoms with Gasteiger partial charge in [0.15, 0.2) is 0 Å². The Labute approximate surface area is 101 Å². The number of likely N-dealkylation sites (N-methyl/N-ethyl adjacent to an activating group) is 1. The van der Waals surface area contributed by atoms with Crippen LogP contribution in [0.5, 0.6) is 5.75 Å². The lowest BCUT2D eigenvalue weighted by atomic mass is 10.1. The highest BCUT2D eigenvalue weighted by atomic mass is 16.3. The molecule has 4 heteroatoms. The second-order valence-electron chi connectivity index (χ2n) is 4.56. The first-order chi connectivity index (χ1) is 8.09. The fourth-order valence-electron chi connectivity index (χ4n) is 2.10. The highest BCUT2D eigenvalue weighted by Gasteiger charge is 2.23. The van der Waals surface area contributed by atoms with Crippen LogP contribution in [0.15, 0.2) is 18.2 Å². The molecule has 1 amide bonds. The molecule has 1 saturated heterocycles. The molecular formula is C13H18N2O2. The minimum absolute atomic E-state index is 0.0614. The van der Waals surface area contributed by atoms with E-state index in [2.05, 4.69) is 4.90 Å². The van der Waals surface area contributed by atoms with Gasteiger partial charge >= 0.3 is 0 Å². The first kappa shape index (κ1) is 11.9. The van der Waals surface area contributed by atoms with E-state index < -0.39 is 0 Å². The predicted molar refractivity (Wildman–Crippen MR) is 66.2 cm³/mol. The Morgan fingerprint density at radius 1 is 1.24 bits per heavy atom. The van der Waals surface area contributed by atoms with Gasteiger partial charge in [0.2, 0.25) is 0 Å². The molecule has 4 nitrogen and oxygen atoms in total. The van der Waals surface area contributed by atoms with Crippen LogP contribution in [0, 0.1) is 6.92 Å². The summed E-state index contributed by atoms with van der Waals surface area (Å²) < 4.78 is 0. The molecule has 17 heavy (non-hydrogen) atoms. The number of carbonyl (C=O) groups is 1. The first-order valence-corrected chi connectivity index (χ1v) is 5.86. The average molecular weight is 234 g/mol. The first-order valence-electron chi connectivity index (χ1n) is 5.86. The van der Waals surface area contributed by atoms with E-state index in [-0.39, 0.29) is 11.7 Å². The standard InChI is InChI=1S/C13H18N2O2/c1-10-4-3-5-11(16)12(10)13(17)15-8-6-14(2)7-9-15/h3-5,16H,6-9H2,1-2H3. The number of rotatable bonds is 1. The molecule has 0 bridgehead atoms. The second-order valence-corrected chi connectivity index (χ2v) is 4.56. The largest absolute Gasteiger partial charge is 0.507 e. The van der Waals surface area contributed by atoms with Gasteiger partial charge in [-0.3, -0.25) is 4.79 Å². The third-order valence-corrected chi connectivity index (χ3v) is 3.26. The fraction of sp³-hybridized carbons (Fsp3) is 0.462. The van der Waals surface area contributed by atoms with E-state index in [4.69, 9.17) is 0 Å². The number of benzene rings is 1. The molecule has 0 unspecified atom stereocenters. The van der Waals surface area contributed by atoms with Gasteiger partial charge in [0.25, 0.3) is 5.91 Å². The van der Waals surface area contributed by atoms with Gasteiger partial charge in [0.05, 0.1) is 5.56 Å². The molecule has 0 aliphatic carbocycles. The van der Waals surface area contributed by atoms with E-state index in [0.29, 0.717) is 5.56 Å². The summed E-state index contributed by atoms with van der Waals surface area (Å²) in [7, 11) is 2.05. The van der Waals surface area contributed by atoms with Gasteiger partial charge < -0.3 is 14.9 Å². The zero-order valence-electron chi connectivity index (χ0n) is 10.3. The van der Waals surface area contributed by atoms with Crippen LogP contribution in [0.4, 0.5) is 0 Å². The zero-order chi connectivity index (χ0) is 12.4. The maximum absolute atomic E-state index is 12.3. The van der Waals surface area contributed by atoms with Gasteiger partial charge in [0, 0.05) is 26.2 Å². The van der Waals surface area contributed by atoms with Crippen LogP contribution in [0.2, 0.25) is 0 Å². The zero-order valence-corrected chi connectivity index (χ0v) is 10.3. The number of carbonyl (C=O) groups excluding carboxylic acids is 1. The quantitative estimate of drug-likeness (QED) is 0.791. The Kier molecular flexibility index (Phi) is 3.33. The molecule has 2 rings (SSSR count). The number of phenolic OH excluding ortho intramolecular Hbond substituents is 1. The van der Waals surface area contributed by atoms with Crippen LogP contribution in [-0.2, 0) is 0 Å². The molecule has 0 radical (unpaired) electrons. The Hall–Kier alpha value is -1.55. The minimum atomic E-state index is -0.0614. The van der Waals surface area contributed by atoms with E-state index in [1.807, 2.05) is 24.9 Å². The summed E-state index contributed by atoms with van der Waals surface area (Å²) in [6.07, 6.45) is 0. The monoisotopic (exact) mass is 234 g/mol. The third-order valence-electron chi connectivity index (χ3n) is 3.26. The fourth-order valence-corrected chi connectivity index (χ4v) is 2.10. The summed E-state index contributed by atoms with van der Waals surface area (Å²) in [5.74, 6) is 0.0163. The molecule has 0 saturated carbocycles. The lowest BCUT2D eigenvalue weighted by Gasteiger charge is -2.32. The van der Waals surface area contributed by atoms with Crippen molar-refractivity contribution < 1.29 is 9.90 Å². The summed E-state index contributed by atoms with van der Waals surface area (Å²) in [4.78, 5) is 16.3. The van der Waals surface area contributed by atoms with E-state index in [1.165, 1.54) is 0 Å². The topological polar surface area (TPSA) is 43.8 Å². The van der Waals surface area contributed by atoms with Crippen LogP contribution in [0.3, 0.4) is 0 Å². The van der Waals surface area contributed by atoms with Crippen molar-refractivity contribution in [2.24, 2.45) is 0 Å². The van der Waals surface area contributed by atoms with Gasteiger partial charge in [-0.15, -0.1) is 0 Å². The van der Waals surface area contributed by atoms with Crippen molar-refractivity contribution in [1.29, 1.82) is 0 Å². The Bertz CT molecular complexity index is 403. The molecule has 1 aromatic rings. The van der Waals surface area contributed by atoms with Gasteiger partial charge in [-0.25, -0.2) is 0 Å². The van der Waals surface area contributed by atoms with E-state index in [1.54, 1.807) is 12.1 Å². The minimum Gasteiger partial charge on any atom is -0.507 e. The van der Waals surface area contributed by atoms with Crippen molar-refractivity contribution in [1.82, 2.24) is 9.80 Å². The normalized spacial score (nSPS) is 17.2. The molecule has 1 fully saturated rings. The molecule has 0 atom stereocenters. The summed E-state index contributed by atoms with van der Waals surface area (Å²) in [5.41, 5.74) is 1.27. The molecular weight excluding hydrogens is 216 g/mol. The van der Waals surface area contributed by atoms with E-state index >= 15 is 0 Å². The molecule has 1 aliphatic heterocycles. The number of hydrogen-bond acceptors (Lipinski definition) is 3. The van der Waals surface area contributed by atoms with Crippen molar-refractivity contribution in [3.63, 3.8) is 0 Å². The van der Waals surface area contributed by atoms with Crippen LogP contribution < -0.4 is 0 Å². The summed E-state index contributed by atoms with van der Waals surface area (Å²) >= 11 is 0.